The Morgan fingerprint density at radius 3 is 2.67 bits per heavy atom. The van der Waals surface area contributed by atoms with Crippen LogP contribution in [0.2, 0.25) is 0 Å². The van der Waals surface area contributed by atoms with E-state index in [1.807, 2.05) is 6.92 Å². The molecule has 0 aromatic heterocycles. The number of hydrogen-bond acceptors (Lipinski definition) is 2. The number of halogens is 2. The predicted octanol–water partition coefficient (Wildman–Crippen LogP) is 2.00. The zero-order chi connectivity index (χ0) is 11.4. The van der Waals surface area contributed by atoms with E-state index < -0.39 is 17.7 Å². The monoisotopic (exact) mass is 215 g/mol. The van der Waals surface area contributed by atoms with Crippen molar-refractivity contribution in [3.8, 4) is 0 Å². The Bertz CT molecular complexity index is 330. The molecule has 0 bridgehead atoms. The third-order valence-corrected chi connectivity index (χ3v) is 2.28. The van der Waals surface area contributed by atoms with E-state index in [2.05, 4.69) is 5.32 Å². The highest BCUT2D eigenvalue weighted by molar-refractivity contribution is 5.22. The first kappa shape index (κ1) is 12.1. The molecule has 0 aliphatic rings. The van der Waals surface area contributed by atoms with E-state index in [0.29, 0.717) is 6.54 Å². The Hall–Kier alpha value is -1.00. The van der Waals surface area contributed by atoms with Crippen molar-refractivity contribution in [2.24, 2.45) is 0 Å². The van der Waals surface area contributed by atoms with Crippen molar-refractivity contribution in [2.75, 3.05) is 6.54 Å². The lowest BCUT2D eigenvalue weighted by atomic mass is 10.0. The zero-order valence-electron chi connectivity index (χ0n) is 8.80. The van der Waals surface area contributed by atoms with Crippen molar-refractivity contribution in [1.29, 1.82) is 0 Å². The molecule has 0 radical (unpaired) electrons. The average Bonchev–Trinajstić information content (AvgIpc) is 2.21. The first-order valence-corrected chi connectivity index (χ1v) is 4.92. The van der Waals surface area contributed by atoms with E-state index in [1.54, 1.807) is 6.92 Å². The molecule has 0 heterocycles. The number of aliphatic hydroxyl groups excluding tert-OH is 1. The van der Waals surface area contributed by atoms with Gasteiger partial charge in [0.2, 0.25) is 0 Å². The lowest BCUT2D eigenvalue weighted by molar-refractivity contribution is 0.132. The van der Waals surface area contributed by atoms with E-state index in [9.17, 15) is 13.9 Å². The normalized spacial score (nSPS) is 15.0. The Morgan fingerprint density at radius 1 is 1.40 bits per heavy atom. The van der Waals surface area contributed by atoms with Crippen molar-refractivity contribution in [3.63, 3.8) is 0 Å². The van der Waals surface area contributed by atoms with Gasteiger partial charge in [-0.3, -0.25) is 0 Å². The van der Waals surface area contributed by atoms with E-state index >= 15 is 0 Å². The van der Waals surface area contributed by atoms with E-state index in [0.717, 1.165) is 18.2 Å². The van der Waals surface area contributed by atoms with Crippen LogP contribution in [0.25, 0.3) is 0 Å². The number of rotatable bonds is 4. The largest absolute Gasteiger partial charge is 0.387 e. The lowest BCUT2D eigenvalue weighted by Gasteiger charge is -2.20. The molecular weight excluding hydrogens is 200 g/mol. The number of benzene rings is 1. The summed E-state index contributed by atoms with van der Waals surface area (Å²) in [6.07, 6.45) is -1.04. The third-order valence-electron chi connectivity index (χ3n) is 2.28. The second-order valence-corrected chi connectivity index (χ2v) is 3.46. The van der Waals surface area contributed by atoms with Crippen LogP contribution < -0.4 is 5.32 Å². The standard InChI is InChI=1S/C11H15F2NO/c1-3-14-7(2)11(15)9-6-8(12)4-5-10(9)13/h4-7,11,14-15H,3H2,1-2H3. The molecule has 0 saturated carbocycles. The van der Waals surface area contributed by atoms with Crippen LogP contribution >= 0.6 is 0 Å². The van der Waals surface area contributed by atoms with Gasteiger partial charge >= 0.3 is 0 Å². The van der Waals surface area contributed by atoms with Crippen molar-refractivity contribution < 1.29 is 13.9 Å². The molecule has 2 nitrogen and oxygen atoms in total. The second-order valence-electron chi connectivity index (χ2n) is 3.46. The van der Waals surface area contributed by atoms with Crippen LogP contribution in [0, 0.1) is 11.6 Å². The van der Waals surface area contributed by atoms with Gasteiger partial charge in [0, 0.05) is 11.6 Å². The van der Waals surface area contributed by atoms with E-state index in [4.69, 9.17) is 0 Å². The maximum atomic E-state index is 13.3. The van der Waals surface area contributed by atoms with Gasteiger partial charge in [-0.05, 0) is 31.7 Å². The highest BCUT2D eigenvalue weighted by atomic mass is 19.1. The fourth-order valence-corrected chi connectivity index (χ4v) is 1.44. The molecule has 1 aromatic rings. The molecule has 2 unspecified atom stereocenters. The van der Waals surface area contributed by atoms with Crippen LogP contribution in [0.4, 0.5) is 8.78 Å². The average molecular weight is 215 g/mol. The summed E-state index contributed by atoms with van der Waals surface area (Å²) in [4.78, 5) is 0. The van der Waals surface area contributed by atoms with E-state index in [-0.39, 0.29) is 11.6 Å². The van der Waals surface area contributed by atoms with Gasteiger partial charge in [0.05, 0.1) is 6.10 Å². The number of hydrogen-bond donors (Lipinski definition) is 2. The van der Waals surface area contributed by atoms with Gasteiger partial charge in [0.1, 0.15) is 11.6 Å². The summed E-state index contributed by atoms with van der Waals surface area (Å²) >= 11 is 0. The van der Waals surface area contributed by atoms with Crippen LogP contribution in [0.5, 0.6) is 0 Å². The first-order valence-electron chi connectivity index (χ1n) is 4.92. The molecule has 1 aromatic carbocycles. The molecule has 2 atom stereocenters. The molecule has 0 aliphatic carbocycles. The molecule has 0 spiro atoms. The second kappa shape index (κ2) is 5.19. The maximum absolute atomic E-state index is 13.3. The molecule has 0 aliphatic heterocycles. The highest BCUT2D eigenvalue weighted by Crippen LogP contribution is 2.21. The number of nitrogens with one attached hydrogen (secondary N) is 1. The molecule has 0 fully saturated rings. The predicted molar refractivity (Wildman–Crippen MR) is 54.5 cm³/mol. The molecule has 4 heteroatoms. The quantitative estimate of drug-likeness (QED) is 0.805. The molecule has 0 amide bonds. The van der Waals surface area contributed by atoms with Gasteiger partial charge in [0.25, 0.3) is 0 Å². The van der Waals surface area contributed by atoms with E-state index in [1.165, 1.54) is 0 Å². The van der Waals surface area contributed by atoms with Gasteiger partial charge in [-0.25, -0.2) is 8.78 Å². The SMILES string of the molecule is CCNC(C)C(O)c1cc(F)ccc1F. The lowest BCUT2D eigenvalue weighted by Crippen LogP contribution is -2.32. The minimum absolute atomic E-state index is 0.0107. The topological polar surface area (TPSA) is 32.3 Å². The van der Waals surface area contributed by atoms with Crippen molar-refractivity contribution in [1.82, 2.24) is 5.32 Å². The van der Waals surface area contributed by atoms with Crippen molar-refractivity contribution in [3.05, 3.63) is 35.4 Å². The van der Waals surface area contributed by atoms with Gasteiger partial charge in [0.15, 0.2) is 0 Å². The summed E-state index contributed by atoms with van der Waals surface area (Å²) in [5, 5.41) is 12.7. The summed E-state index contributed by atoms with van der Waals surface area (Å²) in [6, 6.07) is 2.76. The minimum Gasteiger partial charge on any atom is -0.387 e. The first-order chi connectivity index (χ1) is 7.06. The van der Waals surface area contributed by atoms with Crippen LogP contribution in [0.15, 0.2) is 18.2 Å². The Kier molecular flexibility index (Phi) is 4.17. The molecule has 1 rings (SSSR count). The maximum Gasteiger partial charge on any atom is 0.129 e. The summed E-state index contributed by atoms with van der Waals surface area (Å²) in [7, 11) is 0. The Labute approximate surface area is 87.9 Å². The molecule has 0 saturated heterocycles. The van der Waals surface area contributed by atoms with Crippen molar-refractivity contribution in [2.45, 2.75) is 26.0 Å². The van der Waals surface area contributed by atoms with Crippen LogP contribution in [0.3, 0.4) is 0 Å². The summed E-state index contributed by atoms with van der Waals surface area (Å²) in [5.74, 6) is -1.14. The number of aliphatic hydroxyl groups is 1. The molecular formula is C11H15F2NO. The van der Waals surface area contributed by atoms with Gasteiger partial charge in [-0.2, -0.15) is 0 Å². The molecule has 15 heavy (non-hydrogen) atoms. The van der Waals surface area contributed by atoms with Gasteiger partial charge in [-0.15, -0.1) is 0 Å². The van der Waals surface area contributed by atoms with Gasteiger partial charge < -0.3 is 10.4 Å². The minimum atomic E-state index is -1.04. The fourth-order valence-electron chi connectivity index (χ4n) is 1.44. The van der Waals surface area contributed by atoms with Crippen molar-refractivity contribution >= 4 is 0 Å². The Morgan fingerprint density at radius 2 is 2.07 bits per heavy atom. The smallest absolute Gasteiger partial charge is 0.129 e. The summed E-state index contributed by atoms with van der Waals surface area (Å²) in [5.41, 5.74) is -0.0107. The van der Waals surface area contributed by atoms with Crippen LogP contribution in [0.1, 0.15) is 25.5 Å². The summed E-state index contributed by atoms with van der Waals surface area (Å²) < 4.78 is 26.1. The third kappa shape index (κ3) is 2.97. The van der Waals surface area contributed by atoms with Crippen LogP contribution in [-0.4, -0.2) is 17.7 Å². The zero-order valence-corrected chi connectivity index (χ0v) is 8.80. The molecule has 84 valence electrons. The fraction of sp³-hybridized carbons (Fsp3) is 0.455. The Balaban J connectivity index is 2.89. The highest BCUT2D eigenvalue weighted by Gasteiger charge is 2.19. The summed E-state index contributed by atoms with van der Waals surface area (Å²) in [6.45, 7) is 4.26. The van der Waals surface area contributed by atoms with Gasteiger partial charge in [-0.1, -0.05) is 6.92 Å². The van der Waals surface area contributed by atoms with Crippen LogP contribution in [-0.2, 0) is 0 Å². The molecule has 2 N–H and O–H groups in total. The number of likely N-dealkylation sites (N-methyl/N-ethyl adjacent to an activating group) is 1.